The number of carboxylic acid groups (broad SMARTS) is 1. The van der Waals surface area contributed by atoms with Gasteiger partial charge >= 0.3 is 5.97 Å². The second-order valence-corrected chi connectivity index (χ2v) is 5.75. The number of aliphatic carboxylic acids is 1. The minimum absolute atomic E-state index is 0.433. The van der Waals surface area contributed by atoms with E-state index in [1.807, 2.05) is 24.3 Å². The largest absolute Gasteiger partial charge is 0.481 e. The van der Waals surface area contributed by atoms with Gasteiger partial charge in [-0.2, -0.15) is 0 Å². The van der Waals surface area contributed by atoms with Crippen LogP contribution in [0.3, 0.4) is 0 Å². The molecule has 2 unspecified atom stereocenters. The van der Waals surface area contributed by atoms with Crippen molar-refractivity contribution in [1.82, 2.24) is 5.32 Å². The molecule has 3 heteroatoms. The average Bonchev–Trinajstić information content (AvgIpc) is 3.23. The number of benzene rings is 1. The quantitative estimate of drug-likeness (QED) is 0.793. The van der Waals surface area contributed by atoms with Gasteiger partial charge in [0.2, 0.25) is 0 Å². The minimum atomic E-state index is -0.774. The van der Waals surface area contributed by atoms with Gasteiger partial charge in [0, 0.05) is 6.54 Å². The van der Waals surface area contributed by atoms with Gasteiger partial charge in [-0.3, -0.25) is 4.79 Å². The zero-order chi connectivity index (χ0) is 13.8. The molecule has 0 bridgehead atoms. The summed E-state index contributed by atoms with van der Waals surface area (Å²) in [6.45, 7) is 5.95. The van der Waals surface area contributed by atoms with Gasteiger partial charge in [-0.05, 0) is 49.3 Å². The van der Waals surface area contributed by atoms with Crippen molar-refractivity contribution >= 4 is 5.97 Å². The molecule has 104 valence electrons. The van der Waals surface area contributed by atoms with Crippen LogP contribution < -0.4 is 5.32 Å². The van der Waals surface area contributed by atoms with Crippen LogP contribution in [0.2, 0.25) is 0 Å². The summed E-state index contributed by atoms with van der Waals surface area (Å²) in [4.78, 5) is 10.9. The van der Waals surface area contributed by atoms with Gasteiger partial charge in [0.1, 0.15) is 0 Å². The number of carbonyl (C=O) groups is 1. The summed E-state index contributed by atoms with van der Waals surface area (Å²) in [5.41, 5.74) is 2.08. The summed E-state index contributed by atoms with van der Waals surface area (Å²) in [6.07, 6.45) is 2.79. The monoisotopic (exact) mass is 261 g/mol. The number of carboxylic acids is 1. The molecular weight excluding hydrogens is 238 g/mol. The van der Waals surface area contributed by atoms with Gasteiger partial charge in [-0.1, -0.05) is 31.2 Å². The van der Waals surface area contributed by atoms with E-state index in [4.69, 9.17) is 5.11 Å². The van der Waals surface area contributed by atoms with E-state index < -0.39 is 11.9 Å². The second kappa shape index (κ2) is 6.20. The van der Waals surface area contributed by atoms with E-state index in [1.54, 1.807) is 6.92 Å². The average molecular weight is 261 g/mol. The zero-order valence-electron chi connectivity index (χ0n) is 11.7. The van der Waals surface area contributed by atoms with E-state index in [1.165, 1.54) is 18.4 Å². The lowest BCUT2D eigenvalue weighted by Gasteiger charge is -2.12. The Morgan fingerprint density at radius 1 is 1.32 bits per heavy atom. The van der Waals surface area contributed by atoms with Crippen molar-refractivity contribution in [3.8, 4) is 0 Å². The lowest BCUT2D eigenvalue weighted by atomic mass is 10.00. The van der Waals surface area contributed by atoms with Crippen molar-refractivity contribution in [2.24, 2.45) is 11.8 Å². The Balaban J connectivity index is 1.79. The van der Waals surface area contributed by atoms with Crippen LogP contribution in [0.4, 0.5) is 0 Å². The maximum atomic E-state index is 10.9. The fourth-order valence-electron chi connectivity index (χ4n) is 2.34. The normalized spacial score (nSPS) is 18.0. The SMILES string of the molecule is CC(C(=O)O)c1ccc(CNCC(C)C2CC2)cc1. The van der Waals surface area contributed by atoms with Crippen molar-refractivity contribution in [2.45, 2.75) is 39.2 Å². The first-order valence-electron chi connectivity index (χ1n) is 7.10. The summed E-state index contributed by atoms with van der Waals surface area (Å²) >= 11 is 0. The molecule has 2 atom stereocenters. The summed E-state index contributed by atoms with van der Waals surface area (Å²) in [5, 5.41) is 12.4. The first kappa shape index (κ1) is 14.1. The van der Waals surface area contributed by atoms with Gasteiger partial charge in [-0.15, -0.1) is 0 Å². The Bertz CT molecular complexity index is 423. The Morgan fingerprint density at radius 3 is 2.47 bits per heavy atom. The predicted octanol–water partition coefficient (Wildman–Crippen LogP) is 3.01. The molecule has 2 N–H and O–H groups in total. The molecule has 0 heterocycles. The molecule has 0 aliphatic heterocycles. The Labute approximate surface area is 115 Å². The van der Waals surface area contributed by atoms with Crippen LogP contribution in [0.5, 0.6) is 0 Å². The zero-order valence-corrected chi connectivity index (χ0v) is 11.7. The van der Waals surface area contributed by atoms with Crippen molar-refractivity contribution in [1.29, 1.82) is 0 Å². The van der Waals surface area contributed by atoms with Gasteiger partial charge < -0.3 is 10.4 Å². The van der Waals surface area contributed by atoms with Crippen LogP contribution in [0.15, 0.2) is 24.3 Å². The van der Waals surface area contributed by atoms with Crippen molar-refractivity contribution < 1.29 is 9.90 Å². The number of rotatable bonds is 7. The number of nitrogens with one attached hydrogen (secondary N) is 1. The summed E-state index contributed by atoms with van der Waals surface area (Å²) < 4.78 is 0. The third kappa shape index (κ3) is 4.06. The second-order valence-electron chi connectivity index (χ2n) is 5.75. The van der Waals surface area contributed by atoms with Gasteiger partial charge in [0.05, 0.1) is 5.92 Å². The summed E-state index contributed by atoms with van der Waals surface area (Å²) in [6, 6.07) is 7.87. The molecule has 0 saturated heterocycles. The molecule has 3 nitrogen and oxygen atoms in total. The van der Waals surface area contributed by atoms with E-state index in [2.05, 4.69) is 12.2 Å². The van der Waals surface area contributed by atoms with Gasteiger partial charge in [0.25, 0.3) is 0 Å². The smallest absolute Gasteiger partial charge is 0.310 e. The van der Waals surface area contributed by atoms with E-state index in [-0.39, 0.29) is 0 Å². The summed E-state index contributed by atoms with van der Waals surface area (Å²) in [5.74, 6) is 0.499. The molecule has 1 aromatic rings. The highest BCUT2D eigenvalue weighted by Gasteiger charge is 2.27. The third-order valence-electron chi connectivity index (χ3n) is 4.07. The fraction of sp³-hybridized carbons (Fsp3) is 0.562. The topological polar surface area (TPSA) is 49.3 Å². The molecule has 2 rings (SSSR count). The van der Waals surface area contributed by atoms with Crippen LogP contribution in [-0.2, 0) is 11.3 Å². The molecule has 1 fully saturated rings. The third-order valence-corrected chi connectivity index (χ3v) is 4.07. The molecule has 1 aliphatic carbocycles. The lowest BCUT2D eigenvalue weighted by Crippen LogP contribution is -2.21. The van der Waals surface area contributed by atoms with E-state index in [9.17, 15) is 4.79 Å². The number of hydrogen-bond donors (Lipinski definition) is 2. The first-order valence-corrected chi connectivity index (χ1v) is 7.10. The molecule has 0 aromatic heterocycles. The summed E-state index contributed by atoms with van der Waals surface area (Å²) in [7, 11) is 0. The van der Waals surface area contributed by atoms with Crippen LogP contribution in [-0.4, -0.2) is 17.6 Å². The van der Waals surface area contributed by atoms with Crippen LogP contribution in [0, 0.1) is 11.8 Å². The Hall–Kier alpha value is -1.35. The van der Waals surface area contributed by atoms with Crippen LogP contribution in [0.1, 0.15) is 43.7 Å². The molecular formula is C16H23NO2. The standard InChI is InChI=1S/C16H23NO2/c1-11(14-7-8-14)9-17-10-13-3-5-15(6-4-13)12(2)16(18)19/h3-6,11-12,14,17H,7-10H2,1-2H3,(H,18,19). The van der Waals surface area contributed by atoms with E-state index >= 15 is 0 Å². The van der Waals surface area contributed by atoms with E-state index in [0.29, 0.717) is 0 Å². The van der Waals surface area contributed by atoms with Gasteiger partial charge in [0.15, 0.2) is 0 Å². The first-order chi connectivity index (χ1) is 9.08. The lowest BCUT2D eigenvalue weighted by molar-refractivity contribution is -0.138. The molecule has 0 radical (unpaired) electrons. The van der Waals surface area contributed by atoms with Gasteiger partial charge in [-0.25, -0.2) is 0 Å². The number of hydrogen-bond acceptors (Lipinski definition) is 2. The highest BCUT2D eigenvalue weighted by Crippen LogP contribution is 2.36. The minimum Gasteiger partial charge on any atom is -0.481 e. The molecule has 0 amide bonds. The Morgan fingerprint density at radius 2 is 1.95 bits per heavy atom. The highest BCUT2D eigenvalue weighted by atomic mass is 16.4. The van der Waals surface area contributed by atoms with Crippen LogP contribution >= 0.6 is 0 Å². The predicted molar refractivity (Wildman–Crippen MR) is 76.1 cm³/mol. The molecule has 1 aliphatic rings. The van der Waals surface area contributed by atoms with Crippen molar-refractivity contribution in [3.05, 3.63) is 35.4 Å². The Kier molecular flexibility index (Phi) is 4.59. The molecule has 19 heavy (non-hydrogen) atoms. The van der Waals surface area contributed by atoms with Crippen molar-refractivity contribution in [2.75, 3.05) is 6.54 Å². The fourth-order valence-corrected chi connectivity index (χ4v) is 2.34. The molecule has 0 spiro atoms. The van der Waals surface area contributed by atoms with Crippen molar-refractivity contribution in [3.63, 3.8) is 0 Å². The van der Waals surface area contributed by atoms with Crippen LogP contribution in [0.25, 0.3) is 0 Å². The maximum Gasteiger partial charge on any atom is 0.310 e. The molecule has 1 aromatic carbocycles. The maximum absolute atomic E-state index is 10.9. The molecule has 1 saturated carbocycles. The highest BCUT2D eigenvalue weighted by molar-refractivity contribution is 5.75. The van der Waals surface area contributed by atoms with E-state index in [0.717, 1.165) is 30.5 Å².